The van der Waals surface area contributed by atoms with E-state index in [0.29, 0.717) is 5.75 Å². The molecule has 0 unspecified atom stereocenters. The van der Waals surface area contributed by atoms with Gasteiger partial charge in [-0.05, 0) is 74.9 Å². The van der Waals surface area contributed by atoms with Crippen LogP contribution in [0.5, 0.6) is 5.75 Å². The van der Waals surface area contributed by atoms with Gasteiger partial charge in [0.15, 0.2) is 0 Å². The Balaban J connectivity index is 0.000000274. The maximum absolute atomic E-state index is 9.76. The van der Waals surface area contributed by atoms with Crippen molar-refractivity contribution >= 4 is 32.6 Å². The maximum Gasteiger partial charge on any atom is 0.116 e. The first-order valence-electron chi connectivity index (χ1n) is 10.7. The van der Waals surface area contributed by atoms with Crippen molar-refractivity contribution in [1.82, 2.24) is 9.97 Å². The molecule has 0 bridgehead atoms. The van der Waals surface area contributed by atoms with Gasteiger partial charge in [-0.15, -0.1) is 12.3 Å². The van der Waals surface area contributed by atoms with E-state index in [1.54, 1.807) is 6.07 Å². The summed E-state index contributed by atoms with van der Waals surface area (Å²) >= 11 is 0. The fourth-order valence-corrected chi connectivity index (χ4v) is 3.84. The number of rotatable bonds is 2. The Morgan fingerprint density at radius 3 is 2.37 bits per heavy atom. The molecule has 30 heavy (non-hydrogen) atoms. The van der Waals surface area contributed by atoms with Crippen molar-refractivity contribution < 1.29 is 5.11 Å². The highest BCUT2D eigenvalue weighted by Crippen LogP contribution is 2.37. The molecule has 0 spiro atoms. The Kier molecular flexibility index (Phi) is 7.51. The topological polar surface area (TPSA) is 48.9 Å². The molecule has 3 nitrogen and oxygen atoms in total. The lowest BCUT2D eigenvalue weighted by molar-refractivity contribution is 0.452. The lowest BCUT2D eigenvalue weighted by atomic mass is 9.90. The van der Waals surface area contributed by atoms with Crippen LogP contribution in [0.4, 0.5) is 0 Å². The number of H-pyrrole nitrogens is 1. The van der Waals surface area contributed by atoms with Gasteiger partial charge >= 0.3 is 0 Å². The molecule has 0 fully saturated rings. The van der Waals surface area contributed by atoms with Gasteiger partial charge in [-0.2, -0.15) is 0 Å². The minimum Gasteiger partial charge on any atom is -0.508 e. The first-order valence-corrected chi connectivity index (χ1v) is 10.7. The Morgan fingerprint density at radius 1 is 1.07 bits per heavy atom. The summed E-state index contributed by atoms with van der Waals surface area (Å²) in [6, 6.07) is 7.51. The van der Waals surface area contributed by atoms with Crippen LogP contribution in [0.25, 0.3) is 32.6 Å². The molecule has 0 aliphatic carbocycles. The first kappa shape index (κ1) is 23.3. The van der Waals surface area contributed by atoms with E-state index in [1.165, 1.54) is 33.7 Å². The number of aromatic amines is 1. The molecule has 0 amide bonds. The summed E-state index contributed by atoms with van der Waals surface area (Å²) in [5, 5.41) is 14.4. The van der Waals surface area contributed by atoms with E-state index in [0.717, 1.165) is 22.8 Å². The number of aromatic hydroxyl groups is 1. The van der Waals surface area contributed by atoms with Gasteiger partial charge in [0.1, 0.15) is 5.75 Å². The lowest BCUT2D eigenvalue weighted by Crippen LogP contribution is -2.05. The van der Waals surface area contributed by atoms with E-state index in [9.17, 15) is 5.11 Å². The third-order valence-electron chi connectivity index (χ3n) is 5.43. The first-order chi connectivity index (χ1) is 14.3. The number of phenols is 1. The molecule has 2 N–H and O–H groups in total. The average Bonchev–Trinajstić information content (AvgIpc) is 3.13. The van der Waals surface area contributed by atoms with Crippen LogP contribution in [-0.2, 0) is 0 Å². The van der Waals surface area contributed by atoms with Crippen LogP contribution < -0.4 is 0 Å². The van der Waals surface area contributed by atoms with E-state index in [2.05, 4.69) is 56.6 Å². The van der Waals surface area contributed by atoms with Crippen molar-refractivity contribution in [2.24, 2.45) is 5.41 Å². The summed E-state index contributed by atoms with van der Waals surface area (Å²) < 4.78 is 0. The van der Waals surface area contributed by atoms with E-state index < -0.39 is 0 Å². The Hall–Kier alpha value is -2.99. The van der Waals surface area contributed by atoms with Crippen LogP contribution in [0.3, 0.4) is 0 Å². The van der Waals surface area contributed by atoms with Gasteiger partial charge in [0.25, 0.3) is 0 Å². The van der Waals surface area contributed by atoms with Crippen LogP contribution in [0.2, 0.25) is 0 Å². The number of fused-ring (bicyclic) bond motifs is 4. The normalized spacial score (nSPS) is 10.9. The third kappa shape index (κ3) is 4.60. The summed E-state index contributed by atoms with van der Waals surface area (Å²) in [5.41, 5.74) is 4.73. The molecular weight excluding hydrogens is 368 g/mol. The SMILES string of the molecule is C#CC(C)(C)CCC.CC.Cc1c2ccncc2c(C)c2c1[nH]c1ccc(O)cc12. The molecule has 2 heterocycles. The van der Waals surface area contributed by atoms with Crippen LogP contribution >= 0.6 is 0 Å². The molecule has 0 atom stereocenters. The van der Waals surface area contributed by atoms with Crippen molar-refractivity contribution in [2.75, 3.05) is 0 Å². The number of pyridine rings is 1. The lowest BCUT2D eigenvalue weighted by Gasteiger charge is -2.14. The van der Waals surface area contributed by atoms with Gasteiger partial charge in [-0.1, -0.05) is 27.2 Å². The highest BCUT2D eigenvalue weighted by atomic mass is 16.3. The Bertz CT molecular complexity index is 1190. The molecule has 158 valence electrons. The number of aryl methyl sites for hydroxylation is 2. The van der Waals surface area contributed by atoms with Gasteiger partial charge in [-0.3, -0.25) is 4.98 Å². The van der Waals surface area contributed by atoms with E-state index >= 15 is 0 Å². The van der Waals surface area contributed by atoms with Crippen LogP contribution in [0.15, 0.2) is 36.7 Å². The van der Waals surface area contributed by atoms with Crippen LogP contribution in [0.1, 0.15) is 58.6 Å². The Labute approximate surface area is 180 Å². The maximum atomic E-state index is 9.76. The molecule has 0 radical (unpaired) electrons. The summed E-state index contributed by atoms with van der Waals surface area (Å²) in [5.74, 6) is 3.04. The molecule has 2 aromatic heterocycles. The summed E-state index contributed by atoms with van der Waals surface area (Å²) in [7, 11) is 0. The zero-order chi connectivity index (χ0) is 22.5. The van der Waals surface area contributed by atoms with Gasteiger partial charge < -0.3 is 10.1 Å². The van der Waals surface area contributed by atoms with E-state index in [4.69, 9.17) is 6.42 Å². The number of benzene rings is 2. The fraction of sp³-hybridized carbons (Fsp3) is 0.370. The van der Waals surface area contributed by atoms with Gasteiger partial charge in [0.2, 0.25) is 0 Å². The van der Waals surface area contributed by atoms with Crippen molar-refractivity contribution in [2.45, 2.75) is 61.3 Å². The summed E-state index contributed by atoms with van der Waals surface area (Å²) in [6.45, 7) is 14.6. The summed E-state index contributed by atoms with van der Waals surface area (Å²) in [6.07, 6.45) is 11.3. The molecule has 0 aliphatic heterocycles. The molecule has 0 saturated heterocycles. The largest absolute Gasteiger partial charge is 0.508 e. The monoisotopic (exact) mass is 402 g/mol. The molecule has 0 aliphatic rings. The minimum absolute atomic E-state index is 0.120. The fourth-order valence-electron chi connectivity index (χ4n) is 3.84. The number of nitrogens with one attached hydrogen (secondary N) is 1. The number of phenolic OH excluding ortho intramolecular Hbond substituents is 1. The second-order valence-electron chi connectivity index (χ2n) is 8.05. The number of hydrogen-bond donors (Lipinski definition) is 2. The van der Waals surface area contributed by atoms with Gasteiger partial charge in [0.05, 0.1) is 5.52 Å². The Morgan fingerprint density at radius 2 is 1.77 bits per heavy atom. The predicted molar refractivity (Wildman–Crippen MR) is 131 cm³/mol. The highest BCUT2D eigenvalue weighted by molar-refractivity contribution is 6.16. The molecule has 2 aromatic carbocycles. The van der Waals surface area contributed by atoms with Crippen LogP contribution in [0, 0.1) is 31.6 Å². The van der Waals surface area contributed by atoms with E-state index in [-0.39, 0.29) is 5.41 Å². The number of terminal acetylenes is 1. The predicted octanol–water partition coefficient (Wildman–Crippen LogP) is 7.66. The minimum atomic E-state index is 0.120. The standard InChI is InChI=1S/C17H14N2O.C8H14.C2H6/c1-9-14-8-18-6-5-12(14)10(2)17-16(9)13-7-11(20)3-4-15(13)19-17;1-5-7-8(3,4)6-2;1-2/h3-8,19-20H,1-2H3;2H,5,7H2,1,3-4H3;1-2H3. The van der Waals surface area contributed by atoms with E-state index in [1.807, 2.05) is 38.4 Å². The van der Waals surface area contributed by atoms with Gasteiger partial charge in [0, 0.05) is 39.5 Å². The smallest absolute Gasteiger partial charge is 0.116 e. The number of nitrogens with zero attached hydrogens (tertiary/aromatic N) is 1. The molecule has 4 rings (SSSR count). The van der Waals surface area contributed by atoms with Crippen LogP contribution in [-0.4, -0.2) is 15.1 Å². The summed E-state index contributed by atoms with van der Waals surface area (Å²) in [4.78, 5) is 7.72. The number of hydrogen-bond acceptors (Lipinski definition) is 2. The molecular formula is C27H34N2O. The average molecular weight is 403 g/mol. The van der Waals surface area contributed by atoms with Gasteiger partial charge in [-0.25, -0.2) is 0 Å². The second kappa shape index (κ2) is 9.67. The van der Waals surface area contributed by atoms with Crippen molar-refractivity contribution in [3.05, 3.63) is 47.8 Å². The highest BCUT2D eigenvalue weighted by Gasteiger charge is 2.14. The molecule has 3 heteroatoms. The van der Waals surface area contributed by atoms with Crippen molar-refractivity contribution in [3.63, 3.8) is 0 Å². The van der Waals surface area contributed by atoms with Crippen molar-refractivity contribution in [3.8, 4) is 18.1 Å². The molecule has 4 aromatic rings. The third-order valence-corrected chi connectivity index (χ3v) is 5.43. The zero-order valence-electron chi connectivity index (χ0n) is 19.4. The zero-order valence-corrected chi connectivity index (χ0v) is 19.4. The quantitative estimate of drug-likeness (QED) is 0.338. The second-order valence-corrected chi connectivity index (χ2v) is 8.05. The number of aromatic nitrogens is 2. The molecule has 0 saturated carbocycles. The van der Waals surface area contributed by atoms with Crippen molar-refractivity contribution in [1.29, 1.82) is 0 Å².